The van der Waals surface area contributed by atoms with Crippen LogP contribution in [-0.2, 0) is 4.74 Å². The summed E-state index contributed by atoms with van der Waals surface area (Å²) in [4.78, 5) is 22.1. The number of amides is 1. The third kappa shape index (κ3) is 3.35. The number of fused-ring (bicyclic) bond motifs is 1. The maximum Gasteiger partial charge on any atom is 0.410 e. The predicted molar refractivity (Wildman–Crippen MR) is 92.6 cm³/mol. The first kappa shape index (κ1) is 18.1. The number of likely N-dealkylation sites (tertiary alicyclic amines) is 1. The SMILES string of the molecule is CC(C)(C)OC(=O)N1CCC2(CC2)C(c2cc(C(F)F)nc3ncnn23)C1. The number of hydrogen-bond acceptors (Lipinski definition) is 5. The van der Waals surface area contributed by atoms with Gasteiger partial charge in [-0.3, -0.25) is 0 Å². The molecule has 4 rings (SSSR count). The standard InChI is InChI=1S/C18H23F2N5O2/c1-17(2,3)27-16(26)24-7-6-18(4-5-18)11(9-24)13-8-12(14(19)20)23-15-21-10-22-25(13)15/h8,10-11,14H,4-7,9H2,1-3H3. The second-order valence-corrected chi connectivity index (χ2v) is 8.47. The Kier molecular flexibility index (Phi) is 4.08. The highest BCUT2D eigenvalue weighted by molar-refractivity contribution is 5.68. The molecule has 0 N–H and O–H groups in total. The minimum Gasteiger partial charge on any atom is -0.444 e. The summed E-state index contributed by atoms with van der Waals surface area (Å²) in [5, 5.41) is 4.18. The van der Waals surface area contributed by atoms with E-state index >= 15 is 0 Å². The van der Waals surface area contributed by atoms with E-state index in [0.29, 0.717) is 18.8 Å². The van der Waals surface area contributed by atoms with Gasteiger partial charge < -0.3 is 9.64 Å². The number of carbonyl (C=O) groups is 1. The van der Waals surface area contributed by atoms with Crippen molar-refractivity contribution in [2.75, 3.05) is 13.1 Å². The van der Waals surface area contributed by atoms with Crippen LogP contribution in [0.4, 0.5) is 13.6 Å². The van der Waals surface area contributed by atoms with Crippen LogP contribution in [0.2, 0.25) is 0 Å². The van der Waals surface area contributed by atoms with E-state index in [9.17, 15) is 13.6 Å². The third-order valence-corrected chi connectivity index (χ3v) is 5.45. The highest BCUT2D eigenvalue weighted by Crippen LogP contribution is 2.60. The molecule has 1 saturated heterocycles. The molecular formula is C18H23F2N5O2. The van der Waals surface area contributed by atoms with Gasteiger partial charge in [-0.15, -0.1) is 0 Å². The van der Waals surface area contributed by atoms with Gasteiger partial charge in [0.15, 0.2) is 0 Å². The van der Waals surface area contributed by atoms with Gasteiger partial charge in [0.25, 0.3) is 12.2 Å². The summed E-state index contributed by atoms with van der Waals surface area (Å²) >= 11 is 0. The Labute approximate surface area is 155 Å². The van der Waals surface area contributed by atoms with E-state index in [2.05, 4.69) is 15.1 Å². The second-order valence-electron chi connectivity index (χ2n) is 8.47. The van der Waals surface area contributed by atoms with Crippen LogP contribution in [0.1, 0.15) is 63.8 Å². The molecule has 2 aromatic heterocycles. The number of halogens is 2. The first-order valence-corrected chi connectivity index (χ1v) is 9.15. The number of ether oxygens (including phenoxy) is 1. The minimum atomic E-state index is -2.69. The van der Waals surface area contributed by atoms with Crippen molar-refractivity contribution in [3.05, 3.63) is 23.8 Å². The van der Waals surface area contributed by atoms with Crippen molar-refractivity contribution in [2.24, 2.45) is 5.41 Å². The Morgan fingerprint density at radius 3 is 2.70 bits per heavy atom. The molecule has 9 heteroatoms. The fourth-order valence-corrected chi connectivity index (χ4v) is 3.91. The number of nitrogens with zero attached hydrogens (tertiary/aromatic N) is 5. The third-order valence-electron chi connectivity index (χ3n) is 5.45. The first-order chi connectivity index (χ1) is 12.7. The molecule has 1 atom stereocenters. The summed E-state index contributed by atoms with van der Waals surface area (Å²) in [6, 6.07) is 1.41. The zero-order valence-corrected chi connectivity index (χ0v) is 15.7. The van der Waals surface area contributed by atoms with Crippen LogP contribution in [0, 0.1) is 5.41 Å². The summed E-state index contributed by atoms with van der Waals surface area (Å²) in [6.45, 7) is 6.50. The molecule has 2 fully saturated rings. The minimum absolute atomic E-state index is 0.0259. The van der Waals surface area contributed by atoms with Crippen molar-refractivity contribution in [1.29, 1.82) is 0 Å². The summed E-state index contributed by atoms with van der Waals surface area (Å²) in [5.41, 5.74) is -0.229. The van der Waals surface area contributed by atoms with Gasteiger partial charge in [0.05, 0.1) is 5.69 Å². The van der Waals surface area contributed by atoms with Gasteiger partial charge in [0.2, 0.25) is 0 Å². The van der Waals surface area contributed by atoms with Crippen LogP contribution in [0.15, 0.2) is 12.4 Å². The van der Waals surface area contributed by atoms with Crippen LogP contribution in [-0.4, -0.2) is 49.3 Å². The molecule has 27 heavy (non-hydrogen) atoms. The van der Waals surface area contributed by atoms with Crippen molar-refractivity contribution in [2.45, 2.75) is 58.0 Å². The molecule has 2 aromatic rings. The van der Waals surface area contributed by atoms with E-state index in [0.717, 1.165) is 19.3 Å². The van der Waals surface area contributed by atoms with Gasteiger partial charge >= 0.3 is 6.09 Å². The Hall–Kier alpha value is -2.32. The van der Waals surface area contributed by atoms with Crippen LogP contribution in [0.25, 0.3) is 5.78 Å². The van der Waals surface area contributed by atoms with Crippen LogP contribution < -0.4 is 0 Å². The molecule has 1 spiro atoms. The van der Waals surface area contributed by atoms with Gasteiger partial charge in [-0.1, -0.05) is 0 Å². The Morgan fingerprint density at radius 1 is 1.33 bits per heavy atom. The fourth-order valence-electron chi connectivity index (χ4n) is 3.91. The van der Waals surface area contributed by atoms with Crippen molar-refractivity contribution in [3.63, 3.8) is 0 Å². The fraction of sp³-hybridized carbons (Fsp3) is 0.667. The largest absolute Gasteiger partial charge is 0.444 e. The lowest BCUT2D eigenvalue weighted by Crippen LogP contribution is -2.46. The summed E-state index contributed by atoms with van der Waals surface area (Å²) in [6.07, 6.45) is 1.10. The second kappa shape index (κ2) is 6.10. The lowest BCUT2D eigenvalue weighted by molar-refractivity contribution is 0.0137. The Morgan fingerprint density at radius 2 is 2.07 bits per heavy atom. The average molecular weight is 379 g/mol. The van der Waals surface area contributed by atoms with E-state index in [-0.39, 0.29) is 28.9 Å². The van der Waals surface area contributed by atoms with Crippen molar-refractivity contribution in [3.8, 4) is 0 Å². The Balaban J connectivity index is 1.70. The number of aromatic nitrogens is 4. The topological polar surface area (TPSA) is 72.6 Å². The van der Waals surface area contributed by atoms with Crippen LogP contribution in [0.5, 0.6) is 0 Å². The maximum absolute atomic E-state index is 13.3. The lowest BCUT2D eigenvalue weighted by atomic mass is 9.80. The maximum atomic E-state index is 13.3. The molecule has 1 unspecified atom stereocenters. The van der Waals surface area contributed by atoms with Gasteiger partial charge in [-0.2, -0.15) is 10.1 Å². The van der Waals surface area contributed by atoms with Crippen LogP contribution >= 0.6 is 0 Å². The summed E-state index contributed by atoms with van der Waals surface area (Å²) in [7, 11) is 0. The van der Waals surface area contributed by atoms with Crippen molar-refractivity contribution in [1.82, 2.24) is 24.5 Å². The van der Waals surface area contributed by atoms with Crippen LogP contribution in [0.3, 0.4) is 0 Å². The molecule has 0 bridgehead atoms. The average Bonchev–Trinajstić information content (AvgIpc) is 3.17. The molecule has 1 aliphatic heterocycles. The zero-order valence-electron chi connectivity index (χ0n) is 15.7. The molecule has 1 amide bonds. The number of alkyl halides is 2. The zero-order chi connectivity index (χ0) is 19.4. The van der Waals surface area contributed by atoms with E-state index in [1.165, 1.54) is 16.9 Å². The van der Waals surface area contributed by atoms with E-state index in [1.807, 2.05) is 20.8 Å². The van der Waals surface area contributed by atoms with Crippen molar-refractivity contribution >= 4 is 11.9 Å². The van der Waals surface area contributed by atoms with Gasteiger partial charge in [0, 0.05) is 19.0 Å². The Bertz CT molecular complexity index is 872. The van der Waals surface area contributed by atoms with E-state index in [1.54, 1.807) is 4.90 Å². The molecule has 1 aliphatic carbocycles. The molecule has 1 saturated carbocycles. The molecule has 0 radical (unpaired) electrons. The number of hydrogen-bond donors (Lipinski definition) is 0. The van der Waals surface area contributed by atoms with Gasteiger partial charge in [0.1, 0.15) is 17.6 Å². The quantitative estimate of drug-likeness (QED) is 0.798. The number of piperidine rings is 1. The highest BCUT2D eigenvalue weighted by Gasteiger charge is 2.54. The summed E-state index contributed by atoms with van der Waals surface area (Å²) < 4.78 is 33.7. The predicted octanol–water partition coefficient (Wildman–Crippen LogP) is 3.57. The van der Waals surface area contributed by atoms with Crippen molar-refractivity contribution < 1.29 is 18.3 Å². The normalized spacial score (nSPS) is 21.9. The lowest BCUT2D eigenvalue weighted by Gasteiger charge is -2.39. The number of carbonyl (C=O) groups excluding carboxylic acids is 1. The number of rotatable bonds is 2. The molecule has 3 heterocycles. The smallest absolute Gasteiger partial charge is 0.410 e. The molecule has 2 aliphatic rings. The van der Waals surface area contributed by atoms with E-state index < -0.39 is 12.0 Å². The summed E-state index contributed by atoms with van der Waals surface area (Å²) in [5.74, 6) is 0.0523. The van der Waals surface area contributed by atoms with Gasteiger partial charge in [-0.25, -0.2) is 23.1 Å². The molecule has 0 aromatic carbocycles. The van der Waals surface area contributed by atoms with Gasteiger partial charge in [-0.05, 0) is 51.5 Å². The first-order valence-electron chi connectivity index (χ1n) is 9.15. The van der Waals surface area contributed by atoms with E-state index in [4.69, 9.17) is 4.74 Å². The molecule has 146 valence electrons. The monoisotopic (exact) mass is 379 g/mol. The molecular weight excluding hydrogens is 356 g/mol. The molecule has 7 nitrogen and oxygen atoms in total. The highest BCUT2D eigenvalue weighted by atomic mass is 19.3.